The minimum absolute atomic E-state index is 0.0372. The van der Waals surface area contributed by atoms with Crippen molar-refractivity contribution in [3.8, 4) is 33.8 Å². The van der Waals surface area contributed by atoms with Crippen LogP contribution in [0.15, 0.2) is 78.9 Å². The predicted molar refractivity (Wildman–Crippen MR) is 138 cm³/mol. The normalized spacial score (nSPS) is 10.9. The van der Waals surface area contributed by atoms with Crippen LogP contribution in [-0.2, 0) is 6.61 Å². The summed E-state index contributed by atoms with van der Waals surface area (Å²) >= 11 is 0. The van der Waals surface area contributed by atoms with E-state index in [2.05, 4.69) is 6.92 Å². The van der Waals surface area contributed by atoms with E-state index in [-0.39, 0.29) is 17.7 Å². The zero-order chi connectivity index (χ0) is 25.5. The quantitative estimate of drug-likeness (QED) is 0.207. The SMILES string of the molecule is CCCCCOc1ccc(COc2ccc(-c3ccc(-c4ccc(C)cc4)c(F)c3F)cc2)c(F)c1. The van der Waals surface area contributed by atoms with Crippen molar-refractivity contribution in [3.63, 3.8) is 0 Å². The fourth-order valence-electron chi connectivity index (χ4n) is 3.90. The smallest absolute Gasteiger partial charge is 0.167 e. The molecule has 4 aromatic carbocycles. The van der Waals surface area contributed by atoms with Crippen LogP contribution in [0.5, 0.6) is 11.5 Å². The highest BCUT2D eigenvalue weighted by molar-refractivity contribution is 5.72. The van der Waals surface area contributed by atoms with Crippen LogP contribution < -0.4 is 9.47 Å². The summed E-state index contributed by atoms with van der Waals surface area (Å²) in [5.74, 6) is -1.19. The molecule has 0 unspecified atom stereocenters. The molecular weight excluding hydrogens is 461 g/mol. The number of hydrogen-bond acceptors (Lipinski definition) is 2. The van der Waals surface area contributed by atoms with Gasteiger partial charge in [-0.25, -0.2) is 13.2 Å². The Morgan fingerprint density at radius 2 is 1.22 bits per heavy atom. The van der Waals surface area contributed by atoms with Gasteiger partial charge in [0, 0.05) is 22.8 Å². The van der Waals surface area contributed by atoms with Gasteiger partial charge in [0.25, 0.3) is 0 Å². The van der Waals surface area contributed by atoms with Gasteiger partial charge in [-0.2, -0.15) is 0 Å². The number of halogens is 3. The van der Waals surface area contributed by atoms with Crippen molar-refractivity contribution >= 4 is 0 Å². The molecule has 0 aliphatic heterocycles. The third-order valence-corrected chi connectivity index (χ3v) is 6.05. The largest absolute Gasteiger partial charge is 0.493 e. The van der Waals surface area contributed by atoms with Crippen LogP contribution in [0, 0.1) is 24.4 Å². The van der Waals surface area contributed by atoms with Gasteiger partial charge in [-0.3, -0.25) is 0 Å². The van der Waals surface area contributed by atoms with Crippen LogP contribution in [0.4, 0.5) is 13.2 Å². The van der Waals surface area contributed by atoms with E-state index in [0.717, 1.165) is 24.8 Å². The van der Waals surface area contributed by atoms with Gasteiger partial charge in [0.05, 0.1) is 6.61 Å². The molecule has 4 rings (SSSR count). The summed E-state index contributed by atoms with van der Waals surface area (Å²) in [5, 5.41) is 0. The molecule has 0 radical (unpaired) electrons. The summed E-state index contributed by atoms with van der Waals surface area (Å²) in [6.45, 7) is 4.66. The molecule has 2 nitrogen and oxygen atoms in total. The fourth-order valence-corrected chi connectivity index (χ4v) is 3.90. The number of benzene rings is 4. The molecule has 186 valence electrons. The summed E-state index contributed by atoms with van der Waals surface area (Å²) in [7, 11) is 0. The van der Waals surface area contributed by atoms with Crippen molar-refractivity contribution in [3.05, 3.63) is 107 Å². The maximum atomic E-state index is 14.9. The van der Waals surface area contributed by atoms with E-state index in [1.807, 2.05) is 19.1 Å². The molecule has 0 spiro atoms. The molecule has 0 bridgehead atoms. The third-order valence-electron chi connectivity index (χ3n) is 6.05. The Hall–Kier alpha value is -3.73. The standard InChI is InChI=1S/C31H29F3O2/c1-3-4-5-18-35-26-15-12-24(29(32)19-26)20-36-25-13-10-23(11-14-25)28-17-16-27(30(33)31(28)34)22-8-6-21(2)7-9-22/h6-17,19H,3-5,18,20H2,1-2H3. The van der Waals surface area contributed by atoms with Crippen LogP contribution in [0.25, 0.3) is 22.3 Å². The van der Waals surface area contributed by atoms with Crippen LogP contribution in [0.1, 0.15) is 37.3 Å². The average Bonchev–Trinajstić information content (AvgIpc) is 2.89. The zero-order valence-electron chi connectivity index (χ0n) is 20.5. The van der Waals surface area contributed by atoms with E-state index < -0.39 is 17.5 Å². The maximum absolute atomic E-state index is 14.9. The molecule has 0 heterocycles. The molecule has 0 fully saturated rings. The lowest BCUT2D eigenvalue weighted by Crippen LogP contribution is -2.01. The van der Waals surface area contributed by atoms with E-state index in [0.29, 0.717) is 34.8 Å². The highest BCUT2D eigenvalue weighted by atomic mass is 19.2. The first-order valence-electron chi connectivity index (χ1n) is 12.2. The van der Waals surface area contributed by atoms with Crippen LogP contribution in [0.2, 0.25) is 0 Å². The van der Waals surface area contributed by atoms with Crippen molar-refractivity contribution in [1.82, 2.24) is 0 Å². The number of unbranched alkanes of at least 4 members (excludes halogenated alkanes) is 2. The van der Waals surface area contributed by atoms with Crippen molar-refractivity contribution < 1.29 is 22.6 Å². The van der Waals surface area contributed by atoms with E-state index >= 15 is 0 Å². The Kier molecular flexibility index (Phi) is 8.32. The Balaban J connectivity index is 1.41. The van der Waals surface area contributed by atoms with E-state index in [1.165, 1.54) is 6.07 Å². The molecule has 0 aliphatic rings. The Labute approximate surface area is 210 Å². The van der Waals surface area contributed by atoms with Gasteiger partial charge in [0.1, 0.15) is 23.9 Å². The summed E-state index contributed by atoms with van der Waals surface area (Å²) in [5.41, 5.74) is 2.97. The van der Waals surface area contributed by atoms with E-state index in [9.17, 15) is 13.2 Å². The maximum Gasteiger partial charge on any atom is 0.167 e. The van der Waals surface area contributed by atoms with Crippen molar-refractivity contribution in [1.29, 1.82) is 0 Å². The first-order valence-corrected chi connectivity index (χ1v) is 12.2. The molecule has 0 aromatic heterocycles. The van der Waals surface area contributed by atoms with Gasteiger partial charge < -0.3 is 9.47 Å². The lowest BCUT2D eigenvalue weighted by atomic mass is 9.98. The number of hydrogen-bond donors (Lipinski definition) is 0. The lowest BCUT2D eigenvalue weighted by Gasteiger charge is -2.12. The van der Waals surface area contributed by atoms with Crippen LogP contribution >= 0.6 is 0 Å². The van der Waals surface area contributed by atoms with E-state index in [4.69, 9.17) is 9.47 Å². The zero-order valence-corrected chi connectivity index (χ0v) is 20.5. The molecule has 0 atom stereocenters. The van der Waals surface area contributed by atoms with Crippen LogP contribution in [0.3, 0.4) is 0 Å². The summed E-state index contributed by atoms with van der Waals surface area (Å²) in [6, 6.07) is 21.8. The minimum atomic E-state index is -0.902. The van der Waals surface area contributed by atoms with Gasteiger partial charge in [-0.15, -0.1) is 0 Å². The van der Waals surface area contributed by atoms with Gasteiger partial charge in [0.15, 0.2) is 11.6 Å². The average molecular weight is 491 g/mol. The summed E-state index contributed by atoms with van der Waals surface area (Å²) < 4.78 is 55.5. The fraction of sp³-hybridized carbons (Fsp3) is 0.226. The molecular formula is C31H29F3O2. The topological polar surface area (TPSA) is 18.5 Å². The monoisotopic (exact) mass is 490 g/mol. The highest BCUT2D eigenvalue weighted by Crippen LogP contribution is 2.32. The van der Waals surface area contributed by atoms with Crippen LogP contribution in [-0.4, -0.2) is 6.61 Å². The third kappa shape index (κ3) is 6.09. The summed E-state index contributed by atoms with van der Waals surface area (Å²) in [4.78, 5) is 0. The highest BCUT2D eigenvalue weighted by Gasteiger charge is 2.16. The number of rotatable bonds is 10. The number of ether oxygens (including phenoxy) is 2. The molecule has 0 saturated carbocycles. The van der Waals surface area contributed by atoms with Gasteiger partial charge in [-0.05, 0) is 48.7 Å². The van der Waals surface area contributed by atoms with Crippen molar-refractivity contribution in [2.24, 2.45) is 0 Å². The molecule has 36 heavy (non-hydrogen) atoms. The number of aryl methyl sites for hydroxylation is 1. The molecule has 0 saturated heterocycles. The minimum Gasteiger partial charge on any atom is -0.493 e. The second kappa shape index (κ2) is 11.8. The molecule has 5 heteroatoms. The first kappa shape index (κ1) is 25.4. The second-order valence-electron chi connectivity index (χ2n) is 8.78. The predicted octanol–water partition coefficient (Wildman–Crippen LogP) is 8.89. The Morgan fingerprint density at radius 3 is 1.81 bits per heavy atom. The summed E-state index contributed by atoms with van der Waals surface area (Å²) in [6.07, 6.45) is 3.11. The van der Waals surface area contributed by atoms with E-state index in [1.54, 1.807) is 60.7 Å². The van der Waals surface area contributed by atoms with Gasteiger partial charge in [0.2, 0.25) is 0 Å². The lowest BCUT2D eigenvalue weighted by molar-refractivity contribution is 0.294. The first-order chi connectivity index (χ1) is 17.5. The molecule has 0 N–H and O–H groups in total. The van der Waals surface area contributed by atoms with Crippen molar-refractivity contribution in [2.75, 3.05) is 6.61 Å². The Morgan fingerprint density at radius 1 is 0.639 bits per heavy atom. The van der Waals surface area contributed by atoms with Crippen molar-refractivity contribution in [2.45, 2.75) is 39.7 Å². The molecule has 0 aliphatic carbocycles. The molecule has 4 aromatic rings. The van der Waals surface area contributed by atoms with Gasteiger partial charge in [-0.1, -0.05) is 73.9 Å². The Bertz CT molecular complexity index is 1300. The second-order valence-corrected chi connectivity index (χ2v) is 8.78. The molecule has 0 amide bonds. The van der Waals surface area contributed by atoms with Gasteiger partial charge >= 0.3 is 0 Å².